The summed E-state index contributed by atoms with van der Waals surface area (Å²) in [5, 5.41) is 2.57. The molecule has 3 nitrogen and oxygen atoms in total. The van der Waals surface area contributed by atoms with Crippen molar-refractivity contribution >= 4 is 6.09 Å². The van der Waals surface area contributed by atoms with Crippen LogP contribution in [0.2, 0.25) is 0 Å². The van der Waals surface area contributed by atoms with Gasteiger partial charge in [-0.05, 0) is 12.0 Å². The van der Waals surface area contributed by atoms with Gasteiger partial charge in [0.15, 0.2) is 0 Å². The lowest BCUT2D eigenvalue weighted by Crippen LogP contribution is -2.21. The summed E-state index contributed by atoms with van der Waals surface area (Å²) in [7, 11) is 0. The van der Waals surface area contributed by atoms with Gasteiger partial charge in [-0.15, -0.1) is 0 Å². The largest absolute Gasteiger partial charge is 0.445 e. The lowest BCUT2D eigenvalue weighted by molar-refractivity contribution is 0.142. The average Bonchev–Trinajstić information content (AvgIpc) is 2.28. The molecule has 1 aromatic carbocycles. The Balaban J connectivity index is 2.17. The van der Waals surface area contributed by atoms with Gasteiger partial charge in [0.05, 0.1) is 6.54 Å². The molecule has 0 bridgehead atoms. The normalized spacial score (nSPS) is 9.67. The predicted octanol–water partition coefficient (Wildman–Crippen LogP) is 2.87. The van der Waals surface area contributed by atoms with Crippen molar-refractivity contribution in [2.75, 3.05) is 0 Å². The number of alkyl carbamates (subject to hydrolysis) is 1. The molecule has 0 unspecified atom stereocenters. The van der Waals surface area contributed by atoms with Gasteiger partial charge in [0.1, 0.15) is 6.61 Å². The summed E-state index contributed by atoms with van der Waals surface area (Å²) in [5.41, 5.74) is 0.989. The Morgan fingerprint density at radius 3 is 2.80 bits per heavy atom. The number of hydrogen-bond acceptors (Lipinski definition) is 2. The van der Waals surface area contributed by atoms with Crippen molar-refractivity contribution < 1.29 is 9.53 Å². The number of rotatable bonds is 5. The molecule has 1 N–H and O–H groups in total. The van der Waals surface area contributed by atoms with Crippen LogP contribution in [0.1, 0.15) is 25.3 Å². The van der Waals surface area contributed by atoms with E-state index in [-0.39, 0.29) is 0 Å². The first-order valence-electron chi connectivity index (χ1n) is 5.12. The summed E-state index contributed by atoms with van der Waals surface area (Å²) < 4.78 is 4.99. The zero-order chi connectivity index (χ0) is 10.9. The van der Waals surface area contributed by atoms with Crippen LogP contribution in [0.4, 0.5) is 4.79 Å². The second-order valence-corrected chi connectivity index (χ2v) is 3.20. The van der Waals surface area contributed by atoms with Crippen LogP contribution in [0.3, 0.4) is 0 Å². The fourth-order valence-corrected chi connectivity index (χ4v) is 1.06. The molecule has 0 saturated heterocycles. The number of unbranched alkanes of at least 4 members (excludes halogenated alkanes) is 1. The predicted molar refractivity (Wildman–Crippen MR) is 59.0 cm³/mol. The molecule has 1 rings (SSSR count). The molecule has 0 atom stereocenters. The minimum atomic E-state index is -0.396. The van der Waals surface area contributed by atoms with Gasteiger partial charge in [0, 0.05) is 0 Å². The summed E-state index contributed by atoms with van der Waals surface area (Å²) in [6, 6.07) is 9.60. The molecule has 0 aromatic heterocycles. The summed E-state index contributed by atoms with van der Waals surface area (Å²) >= 11 is 0. The fraction of sp³-hybridized carbons (Fsp3) is 0.333. The highest BCUT2D eigenvalue weighted by molar-refractivity contribution is 5.67. The van der Waals surface area contributed by atoms with Gasteiger partial charge in [-0.25, -0.2) is 4.79 Å². The summed E-state index contributed by atoms with van der Waals surface area (Å²) in [4.78, 5) is 11.1. The number of ether oxygens (including phenoxy) is 1. The van der Waals surface area contributed by atoms with Crippen molar-refractivity contribution in [2.45, 2.75) is 26.4 Å². The van der Waals surface area contributed by atoms with Crippen molar-refractivity contribution in [3.63, 3.8) is 0 Å². The van der Waals surface area contributed by atoms with E-state index < -0.39 is 6.09 Å². The van der Waals surface area contributed by atoms with Crippen LogP contribution in [-0.4, -0.2) is 6.09 Å². The van der Waals surface area contributed by atoms with E-state index in [0.29, 0.717) is 6.61 Å². The molecular weight excluding hydrogens is 190 g/mol. The molecule has 1 aromatic rings. The van der Waals surface area contributed by atoms with E-state index in [1.807, 2.05) is 37.3 Å². The van der Waals surface area contributed by atoms with Gasteiger partial charge in [0.2, 0.25) is 0 Å². The number of benzene rings is 1. The highest BCUT2D eigenvalue weighted by atomic mass is 16.5. The highest BCUT2D eigenvalue weighted by Gasteiger charge is 2.00. The first kappa shape index (κ1) is 11.6. The first-order valence-corrected chi connectivity index (χ1v) is 5.12. The number of carbonyl (C=O) groups excluding carboxylic acids is 1. The monoisotopic (exact) mass is 206 g/mol. The molecule has 0 aliphatic carbocycles. The van der Waals surface area contributed by atoms with E-state index >= 15 is 0 Å². The maximum Gasteiger partial charge on any atom is 0.407 e. The third-order valence-corrected chi connectivity index (χ3v) is 1.87. The summed E-state index contributed by atoms with van der Waals surface area (Å²) in [5.74, 6) is 0. The van der Waals surface area contributed by atoms with E-state index in [9.17, 15) is 4.79 Å². The van der Waals surface area contributed by atoms with Crippen LogP contribution in [0.15, 0.2) is 30.3 Å². The van der Waals surface area contributed by atoms with Crippen LogP contribution in [-0.2, 0) is 11.3 Å². The molecule has 0 saturated carbocycles. The molecule has 15 heavy (non-hydrogen) atoms. The van der Waals surface area contributed by atoms with Crippen molar-refractivity contribution in [3.8, 4) is 0 Å². The maximum atomic E-state index is 11.1. The van der Waals surface area contributed by atoms with Crippen LogP contribution in [0.25, 0.3) is 0 Å². The Morgan fingerprint density at radius 2 is 2.13 bits per heavy atom. The summed E-state index contributed by atoms with van der Waals surface area (Å²) in [6.07, 6.45) is 1.48. The van der Waals surface area contributed by atoms with Crippen molar-refractivity contribution in [1.29, 1.82) is 0 Å². The topological polar surface area (TPSA) is 38.3 Å². The molecule has 1 amide bonds. The fourth-order valence-electron chi connectivity index (χ4n) is 1.06. The standard InChI is InChI=1S/C12H16NO2/c1-2-3-9-13-12(14)15-10-11-7-5-4-6-8-11/h4-9H,2-3,10H2,1H3,(H,13,14). The zero-order valence-corrected chi connectivity index (χ0v) is 8.90. The SMILES string of the molecule is CCC[CH]NC(=O)OCc1ccccc1. The van der Waals surface area contributed by atoms with Gasteiger partial charge in [0.25, 0.3) is 0 Å². The third-order valence-electron chi connectivity index (χ3n) is 1.87. The Kier molecular flexibility index (Phi) is 5.30. The summed E-state index contributed by atoms with van der Waals surface area (Å²) in [6.45, 7) is 4.08. The van der Waals surface area contributed by atoms with Crippen LogP contribution in [0.5, 0.6) is 0 Å². The molecular formula is C12H16NO2. The first-order chi connectivity index (χ1) is 7.33. The van der Waals surface area contributed by atoms with E-state index in [2.05, 4.69) is 5.32 Å². The molecule has 81 valence electrons. The van der Waals surface area contributed by atoms with Gasteiger partial charge in [-0.2, -0.15) is 0 Å². The van der Waals surface area contributed by atoms with E-state index in [0.717, 1.165) is 18.4 Å². The second-order valence-electron chi connectivity index (χ2n) is 3.20. The van der Waals surface area contributed by atoms with Crippen molar-refractivity contribution in [3.05, 3.63) is 42.4 Å². The zero-order valence-electron chi connectivity index (χ0n) is 8.90. The molecule has 0 fully saturated rings. The Labute approximate surface area is 90.4 Å². The number of amides is 1. The lowest BCUT2D eigenvalue weighted by Gasteiger charge is -2.05. The molecule has 0 heterocycles. The highest BCUT2D eigenvalue weighted by Crippen LogP contribution is 2.00. The number of nitrogens with one attached hydrogen (secondary N) is 1. The molecule has 3 heteroatoms. The Hall–Kier alpha value is -1.51. The van der Waals surface area contributed by atoms with Crippen molar-refractivity contribution in [1.82, 2.24) is 5.32 Å². The lowest BCUT2D eigenvalue weighted by atomic mass is 10.2. The molecule has 1 radical (unpaired) electrons. The molecule has 0 aliphatic heterocycles. The number of hydrogen-bond donors (Lipinski definition) is 1. The number of carbonyl (C=O) groups is 1. The van der Waals surface area contributed by atoms with Gasteiger partial charge < -0.3 is 10.1 Å². The van der Waals surface area contributed by atoms with Crippen LogP contribution in [0, 0.1) is 6.54 Å². The maximum absolute atomic E-state index is 11.1. The Morgan fingerprint density at radius 1 is 1.40 bits per heavy atom. The molecule has 0 spiro atoms. The average molecular weight is 206 g/mol. The van der Waals surface area contributed by atoms with Crippen molar-refractivity contribution in [2.24, 2.45) is 0 Å². The van der Waals surface area contributed by atoms with Crippen LogP contribution < -0.4 is 5.32 Å². The third kappa shape index (κ3) is 5.05. The van der Waals surface area contributed by atoms with E-state index in [1.54, 1.807) is 6.54 Å². The van der Waals surface area contributed by atoms with E-state index in [1.165, 1.54) is 0 Å². The minimum Gasteiger partial charge on any atom is -0.445 e. The Bertz CT molecular complexity index is 285. The van der Waals surface area contributed by atoms with E-state index in [4.69, 9.17) is 4.74 Å². The van der Waals surface area contributed by atoms with Gasteiger partial charge in [-0.1, -0.05) is 43.7 Å². The smallest absolute Gasteiger partial charge is 0.407 e. The van der Waals surface area contributed by atoms with Crippen LogP contribution >= 0.6 is 0 Å². The minimum absolute atomic E-state index is 0.312. The van der Waals surface area contributed by atoms with Gasteiger partial charge >= 0.3 is 6.09 Å². The van der Waals surface area contributed by atoms with Gasteiger partial charge in [-0.3, -0.25) is 0 Å². The molecule has 0 aliphatic rings. The quantitative estimate of drug-likeness (QED) is 0.752. The second kappa shape index (κ2) is 6.87.